The SMILES string of the molecule is CCOC(=O)C(C)CCCCCN. The summed E-state index contributed by atoms with van der Waals surface area (Å²) < 4.78 is 4.90. The Labute approximate surface area is 80.6 Å². The Hall–Kier alpha value is -0.570. The molecule has 1 atom stereocenters. The van der Waals surface area contributed by atoms with Crippen LogP contribution in [-0.4, -0.2) is 19.1 Å². The van der Waals surface area contributed by atoms with Crippen LogP contribution in [0.3, 0.4) is 0 Å². The molecule has 0 aliphatic carbocycles. The molecule has 0 rings (SSSR count). The van der Waals surface area contributed by atoms with E-state index in [9.17, 15) is 4.79 Å². The molecule has 0 amide bonds. The van der Waals surface area contributed by atoms with Gasteiger partial charge in [-0.1, -0.05) is 19.8 Å². The topological polar surface area (TPSA) is 52.3 Å². The maximum atomic E-state index is 11.2. The lowest BCUT2D eigenvalue weighted by atomic mass is 10.0. The Morgan fingerprint density at radius 1 is 1.38 bits per heavy atom. The highest BCUT2D eigenvalue weighted by Crippen LogP contribution is 2.10. The molecule has 0 spiro atoms. The van der Waals surface area contributed by atoms with Gasteiger partial charge in [0, 0.05) is 0 Å². The van der Waals surface area contributed by atoms with Crippen LogP contribution in [0.15, 0.2) is 0 Å². The van der Waals surface area contributed by atoms with Crippen LogP contribution in [-0.2, 0) is 9.53 Å². The Balaban J connectivity index is 3.38. The van der Waals surface area contributed by atoms with Gasteiger partial charge >= 0.3 is 5.97 Å². The van der Waals surface area contributed by atoms with Gasteiger partial charge in [0.1, 0.15) is 0 Å². The fourth-order valence-electron chi connectivity index (χ4n) is 1.17. The molecule has 3 nitrogen and oxygen atoms in total. The zero-order valence-electron chi connectivity index (χ0n) is 8.71. The molecule has 0 bridgehead atoms. The zero-order chi connectivity index (χ0) is 10.1. The van der Waals surface area contributed by atoms with Gasteiger partial charge in [0.25, 0.3) is 0 Å². The molecule has 78 valence electrons. The molecule has 2 N–H and O–H groups in total. The van der Waals surface area contributed by atoms with Crippen molar-refractivity contribution < 1.29 is 9.53 Å². The van der Waals surface area contributed by atoms with Crippen LogP contribution in [0, 0.1) is 5.92 Å². The molecule has 1 unspecified atom stereocenters. The molecule has 0 saturated carbocycles. The predicted molar refractivity (Wildman–Crippen MR) is 53.3 cm³/mol. The number of esters is 1. The standard InChI is InChI=1S/C10H21NO2/c1-3-13-10(12)9(2)7-5-4-6-8-11/h9H,3-8,11H2,1-2H3. The molecule has 0 aromatic rings. The van der Waals surface area contributed by atoms with Gasteiger partial charge < -0.3 is 10.5 Å². The summed E-state index contributed by atoms with van der Waals surface area (Å²) in [6.07, 6.45) is 4.14. The van der Waals surface area contributed by atoms with Crippen molar-refractivity contribution in [3.05, 3.63) is 0 Å². The maximum Gasteiger partial charge on any atom is 0.308 e. The second kappa shape index (κ2) is 8.05. The van der Waals surface area contributed by atoms with Crippen LogP contribution in [0.4, 0.5) is 0 Å². The third-order valence-electron chi connectivity index (χ3n) is 2.03. The van der Waals surface area contributed by atoms with Crippen molar-refractivity contribution in [1.29, 1.82) is 0 Å². The quantitative estimate of drug-likeness (QED) is 0.487. The second-order valence-electron chi connectivity index (χ2n) is 3.29. The van der Waals surface area contributed by atoms with E-state index in [4.69, 9.17) is 10.5 Å². The lowest BCUT2D eigenvalue weighted by Crippen LogP contribution is -2.14. The van der Waals surface area contributed by atoms with Crippen LogP contribution in [0.25, 0.3) is 0 Å². The number of hydrogen-bond acceptors (Lipinski definition) is 3. The van der Waals surface area contributed by atoms with E-state index in [-0.39, 0.29) is 11.9 Å². The molecule has 0 aliphatic rings. The number of rotatable bonds is 7. The molecule has 0 radical (unpaired) electrons. The van der Waals surface area contributed by atoms with Crippen LogP contribution in [0.2, 0.25) is 0 Å². The molecule has 0 aromatic carbocycles. The van der Waals surface area contributed by atoms with E-state index in [0.717, 1.165) is 32.2 Å². The Kier molecular flexibility index (Phi) is 7.69. The van der Waals surface area contributed by atoms with Crippen molar-refractivity contribution in [3.63, 3.8) is 0 Å². The first-order valence-electron chi connectivity index (χ1n) is 5.09. The average molecular weight is 187 g/mol. The highest BCUT2D eigenvalue weighted by molar-refractivity contribution is 5.71. The third-order valence-corrected chi connectivity index (χ3v) is 2.03. The van der Waals surface area contributed by atoms with Gasteiger partial charge in [0.05, 0.1) is 12.5 Å². The first-order chi connectivity index (χ1) is 6.22. The zero-order valence-corrected chi connectivity index (χ0v) is 8.71. The van der Waals surface area contributed by atoms with Crippen molar-refractivity contribution >= 4 is 5.97 Å². The Morgan fingerprint density at radius 2 is 2.08 bits per heavy atom. The average Bonchev–Trinajstić information content (AvgIpc) is 2.12. The van der Waals surface area contributed by atoms with Crippen molar-refractivity contribution in [3.8, 4) is 0 Å². The van der Waals surface area contributed by atoms with Crippen molar-refractivity contribution in [2.45, 2.75) is 39.5 Å². The first-order valence-corrected chi connectivity index (χ1v) is 5.09. The number of hydrogen-bond donors (Lipinski definition) is 1. The molecule has 0 heterocycles. The summed E-state index contributed by atoms with van der Waals surface area (Å²) in [5, 5.41) is 0. The van der Waals surface area contributed by atoms with E-state index in [1.807, 2.05) is 13.8 Å². The Morgan fingerprint density at radius 3 is 2.62 bits per heavy atom. The summed E-state index contributed by atoms with van der Waals surface area (Å²) in [6, 6.07) is 0. The number of ether oxygens (including phenoxy) is 1. The highest BCUT2D eigenvalue weighted by atomic mass is 16.5. The molecular formula is C10H21NO2. The van der Waals surface area contributed by atoms with Crippen molar-refractivity contribution in [1.82, 2.24) is 0 Å². The summed E-state index contributed by atoms with van der Waals surface area (Å²) in [5.41, 5.74) is 5.36. The minimum atomic E-state index is -0.0738. The number of unbranched alkanes of at least 4 members (excludes halogenated alkanes) is 2. The molecular weight excluding hydrogens is 166 g/mol. The van der Waals surface area contributed by atoms with Gasteiger partial charge in [-0.15, -0.1) is 0 Å². The highest BCUT2D eigenvalue weighted by Gasteiger charge is 2.12. The Bertz CT molecular complexity index is 137. The van der Waals surface area contributed by atoms with Crippen LogP contribution in [0.1, 0.15) is 39.5 Å². The molecule has 0 aliphatic heterocycles. The number of nitrogens with two attached hydrogens (primary N) is 1. The van der Waals surface area contributed by atoms with Gasteiger partial charge in [-0.25, -0.2) is 0 Å². The van der Waals surface area contributed by atoms with E-state index >= 15 is 0 Å². The first kappa shape index (κ1) is 12.4. The minimum absolute atomic E-state index is 0.0396. The lowest BCUT2D eigenvalue weighted by Gasteiger charge is -2.09. The van der Waals surface area contributed by atoms with Crippen LogP contribution in [0.5, 0.6) is 0 Å². The van der Waals surface area contributed by atoms with E-state index in [0.29, 0.717) is 6.61 Å². The largest absolute Gasteiger partial charge is 0.466 e. The van der Waals surface area contributed by atoms with Gasteiger partial charge in [-0.3, -0.25) is 4.79 Å². The van der Waals surface area contributed by atoms with Gasteiger partial charge in [-0.05, 0) is 26.3 Å². The van der Waals surface area contributed by atoms with Crippen LogP contribution >= 0.6 is 0 Å². The number of carbonyl (C=O) groups is 1. The van der Waals surface area contributed by atoms with Gasteiger partial charge in [-0.2, -0.15) is 0 Å². The maximum absolute atomic E-state index is 11.2. The van der Waals surface area contributed by atoms with E-state index < -0.39 is 0 Å². The fraction of sp³-hybridized carbons (Fsp3) is 0.900. The monoisotopic (exact) mass is 187 g/mol. The minimum Gasteiger partial charge on any atom is -0.466 e. The molecule has 0 aromatic heterocycles. The van der Waals surface area contributed by atoms with Crippen molar-refractivity contribution in [2.24, 2.45) is 11.7 Å². The summed E-state index contributed by atoms with van der Waals surface area (Å²) in [6.45, 7) is 4.97. The fourth-order valence-corrected chi connectivity index (χ4v) is 1.17. The van der Waals surface area contributed by atoms with E-state index in [1.165, 1.54) is 0 Å². The van der Waals surface area contributed by atoms with Crippen molar-refractivity contribution in [2.75, 3.05) is 13.2 Å². The smallest absolute Gasteiger partial charge is 0.308 e. The molecule has 0 fully saturated rings. The normalized spacial score (nSPS) is 12.5. The van der Waals surface area contributed by atoms with E-state index in [1.54, 1.807) is 0 Å². The third kappa shape index (κ3) is 6.58. The molecule has 13 heavy (non-hydrogen) atoms. The summed E-state index contributed by atoms with van der Waals surface area (Å²) >= 11 is 0. The molecule has 0 saturated heterocycles. The lowest BCUT2D eigenvalue weighted by molar-refractivity contribution is -0.147. The summed E-state index contributed by atoms with van der Waals surface area (Å²) in [4.78, 5) is 11.2. The van der Waals surface area contributed by atoms with Gasteiger partial charge in [0.2, 0.25) is 0 Å². The summed E-state index contributed by atoms with van der Waals surface area (Å²) in [5.74, 6) is -0.0343. The van der Waals surface area contributed by atoms with Gasteiger partial charge in [0.15, 0.2) is 0 Å². The predicted octanol–water partition coefficient (Wildman–Crippen LogP) is 1.70. The molecule has 3 heteroatoms. The number of carbonyl (C=O) groups excluding carboxylic acids is 1. The summed E-state index contributed by atoms with van der Waals surface area (Å²) in [7, 11) is 0. The second-order valence-corrected chi connectivity index (χ2v) is 3.29. The van der Waals surface area contributed by atoms with E-state index in [2.05, 4.69) is 0 Å². The van der Waals surface area contributed by atoms with Crippen LogP contribution < -0.4 is 5.73 Å².